The second-order valence-electron chi connectivity index (χ2n) is 5.84. The zero-order chi connectivity index (χ0) is 15.7. The van der Waals surface area contributed by atoms with Gasteiger partial charge < -0.3 is 15.2 Å². The Morgan fingerprint density at radius 3 is 2.91 bits per heavy atom. The quantitative estimate of drug-likeness (QED) is 0.897. The van der Waals surface area contributed by atoms with Crippen LogP contribution >= 0.6 is 0 Å². The van der Waals surface area contributed by atoms with Crippen LogP contribution in [0.15, 0.2) is 24.3 Å². The maximum Gasteiger partial charge on any atom is 0.242 e. The van der Waals surface area contributed by atoms with E-state index in [9.17, 15) is 9.59 Å². The Balaban J connectivity index is 1.66. The lowest BCUT2D eigenvalue weighted by Crippen LogP contribution is -2.42. The summed E-state index contributed by atoms with van der Waals surface area (Å²) < 4.78 is 2.18. The van der Waals surface area contributed by atoms with Crippen LogP contribution in [0.5, 0.6) is 0 Å². The minimum Gasteiger partial charge on any atom is -0.354 e. The van der Waals surface area contributed by atoms with Crippen LogP contribution in [0.3, 0.4) is 0 Å². The molecule has 0 saturated carbocycles. The molecule has 3 rings (SSSR count). The first-order valence-corrected chi connectivity index (χ1v) is 7.68. The Kier molecular flexibility index (Phi) is 3.88. The maximum absolute atomic E-state index is 12.0. The summed E-state index contributed by atoms with van der Waals surface area (Å²) in [5.74, 6) is -0.117. The van der Waals surface area contributed by atoms with E-state index >= 15 is 0 Å². The Morgan fingerprint density at radius 2 is 2.18 bits per heavy atom. The molecule has 1 aliphatic rings. The molecule has 0 aliphatic carbocycles. The predicted octanol–water partition coefficient (Wildman–Crippen LogP) is 1.42. The van der Waals surface area contributed by atoms with Crippen LogP contribution in [0.25, 0.3) is 10.9 Å². The molecule has 1 fully saturated rings. The van der Waals surface area contributed by atoms with E-state index in [2.05, 4.69) is 41.3 Å². The number of aromatic nitrogens is 1. The number of amides is 2. The van der Waals surface area contributed by atoms with Crippen molar-refractivity contribution < 1.29 is 9.59 Å². The molecule has 2 N–H and O–H groups in total. The summed E-state index contributed by atoms with van der Waals surface area (Å²) in [6, 6.07) is 7.95. The second kappa shape index (κ2) is 5.83. The van der Waals surface area contributed by atoms with E-state index < -0.39 is 0 Å². The molecule has 2 aromatic rings. The summed E-state index contributed by atoms with van der Waals surface area (Å²) in [4.78, 5) is 23.2. The molecular weight excluding hydrogens is 278 g/mol. The Bertz CT molecular complexity index is 733. The minimum absolute atomic E-state index is 0.0370. The zero-order valence-corrected chi connectivity index (χ0v) is 13.0. The third-order valence-electron chi connectivity index (χ3n) is 4.52. The number of aryl methyl sites for hydroxylation is 1. The van der Waals surface area contributed by atoms with Crippen molar-refractivity contribution >= 4 is 22.7 Å². The Morgan fingerprint density at radius 1 is 1.41 bits per heavy atom. The van der Waals surface area contributed by atoms with Gasteiger partial charge in [-0.25, -0.2) is 0 Å². The van der Waals surface area contributed by atoms with Crippen LogP contribution in [-0.2, 0) is 23.1 Å². The molecule has 0 radical (unpaired) electrons. The van der Waals surface area contributed by atoms with Crippen LogP contribution in [-0.4, -0.2) is 29.0 Å². The SMILES string of the molecule is Cc1c(CCNC(=O)C2CCC(=O)N2)c2ccccc2n1C. The van der Waals surface area contributed by atoms with Gasteiger partial charge in [0.2, 0.25) is 11.8 Å². The standard InChI is InChI=1S/C17H21N3O2/c1-11-12(13-5-3-4-6-15(13)20(11)2)9-10-18-17(22)14-7-8-16(21)19-14/h3-6,14H,7-10H2,1-2H3,(H,18,22)(H,19,21). The molecule has 5 heteroatoms. The lowest BCUT2D eigenvalue weighted by Gasteiger charge is -2.11. The molecule has 0 spiro atoms. The summed E-state index contributed by atoms with van der Waals surface area (Å²) in [5, 5.41) is 6.87. The summed E-state index contributed by atoms with van der Waals surface area (Å²) in [6.45, 7) is 2.69. The number of hydrogen-bond acceptors (Lipinski definition) is 2. The van der Waals surface area contributed by atoms with Crippen LogP contribution in [0.2, 0.25) is 0 Å². The van der Waals surface area contributed by atoms with E-state index in [1.165, 1.54) is 22.2 Å². The molecule has 1 aliphatic heterocycles. The Labute approximate surface area is 129 Å². The van der Waals surface area contributed by atoms with Crippen molar-refractivity contribution in [3.63, 3.8) is 0 Å². The van der Waals surface area contributed by atoms with E-state index in [1.54, 1.807) is 0 Å². The van der Waals surface area contributed by atoms with Gasteiger partial charge in [0.15, 0.2) is 0 Å². The van der Waals surface area contributed by atoms with Crippen molar-refractivity contribution in [3.8, 4) is 0 Å². The highest BCUT2D eigenvalue weighted by molar-refractivity contribution is 5.91. The molecular formula is C17H21N3O2. The lowest BCUT2D eigenvalue weighted by atomic mass is 10.1. The summed E-state index contributed by atoms with van der Waals surface area (Å²) in [6.07, 6.45) is 1.83. The lowest BCUT2D eigenvalue weighted by molar-refractivity contribution is -0.125. The fourth-order valence-electron chi connectivity index (χ4n) is 3.16. The normalized spacial score (nSPS) is 17.7. The number of hydrogen-bond donors (Lipinski definition) is 2. The van der Waals surface area contributed by atoms with Gasteiger partial charge in [0.05, 0.1) is 0 Å². The van der Waals surface area contributed by atoms with E-state index in [0.717, 1.165) is 6.42 Å². The first kappa shape index (κ1) is 14.6. The summed E-state index contributed by atoms with van der Waals surface area (Å²) >= 11 is 0. The molecule has 1 unspecified atom stereocenters. The summed E-state index contributed by atoms with van der Waals surface area (Å²) in [5.41, 5.74) is 3.71. The third-order valence-corrected chi connectivity index (χ3v) is 4.52. The first-order valence-electron chi connectivity index (χ1n) is 7.68. The van der Waals surface area contributed by atoms with Crippen molar-refractivity contribution in [2.75, 3.05) is 6.54 Å². The van der Waals surface area contributed by atoms with Gasteiger partial charge in [0, 0.05) is 36.6 Å². The number of benzene rings is 1. The van der Waals surface area contributed by atoms with Crippen LogP contribution in [0.4, 0.5) is 0 Å². The van der Waals surface area contributed by atoms with Crippen molar-refractivity contribution in [2.45, 2.75) is 32.2 Å². The smallest absolute Gasteiger partial charge is 0.242 e. The van der Waals surface area contributed by atoms with Gasteiger partial charge in [-0.2, -0.15) is 0 Å². The maximum atomic E-state index is 12.0. The van der Waals surface area contributed by atoms with Crippen molar-refractivity contribution in [1.29, 1.82) is 0 Å². The van der Waals surface area contributed by atoms with Gasteiger partial charge in [-0.1, -0.05) is 18.2 Å². The molecule has 1 aromatic carbocycles. The Hall–Kier alpha value is -2.30. The molecule has 2 heterocycles. The predicted molar refractivity (Wildman–Crippen MR) is 85.5 cm³/mol. The van der Waals surface area contributed by atoms with Crippen molar-refractivity contribution in [2.24, 2.45) is 7.05 Å². The van der Waals surface area contributed by atoms with E-state index in [4.69, 9.17) is 0 Å². The van der Waals surface area contributed by atoms with Gasteiger partial charge in [0.1, 0.15) is 6.04 Å². The molecule has 5 nitrogen and oxygen atoms in total. The molecule has 2 amide bonds. The number of nitrogens with zero attached hydrogens (tertiary/aromatic N) is 1. The average molecular weight is 299 g/mol. The molecule has 1 atom stereocenters. The second-order valence-corrected chi connectivity index (χ2v) is 5.84. The van der Waals surface area contributed by atoms with Gasteiger partial charge in [-0.15, -0.1) is 0 Å². The first-order chi connectivity index (χ1) is 10.6. The largest absolute Gasteiger partial charge is 0.354 e. The van der Waals surface area contributed by atoms with Gasteiger partial charge in [-0.05, 0) is 31.4 Å². The van der Waals surface area contributed by atoms with E-state index in [1.807, 2.05) is 12.1 Å². The van der Waals surface area contributed by atoms with E-state index in [0.29, 0.717) is 19.4 Å². The fraction of sp³-hybridized carbons (Fsp3) is 0.412. The van der Waals surface area contributed by atoms with Crippen LogP contribution in [0.1, 0.15) is 24.1 Å². The van der Waals surface area contributed by atoms with Gasteiger partial charge in [0.25, 0.3) is 0 Å². The number of fused-ring (bicyclic) bond motifs is 1. The number of rotatable bonds is 4. The zero-order valence-electron chi connectivity index (χ0n) is 13.0. The monoisotopic (exact) mass is 299 g/mol. The highest BCUT2D eigenvalue weighted by Gasteiger charge is 2.26. The van der Waals surface area contributed by atoms with Crippen LogP contribution < -0.4 is 10.6 Å². The minimum atomic E-state index is -0.360. The molecule has 1 saturated heterocycles. The molecule has 1 aromatic heterocycles. The van der Waals surface area contributed by atoms with Gasteiger partial charge >= 0.3 is 0 Å². The molecule has 116 valence electrons. The highest BCUT2D eigenvalue weighted by atomic mass is 16.2. The number of nitrogens with one attached hydrogen (secondary N) is 2. The fourth-order valence-corrected chi connectivity index (χ4v) is 3.16. The number of carbonyl (C=O) groups is 2. The summed E-state index contributed by atoms with van der Waals surface area (Å²) in [7, 11) is 2.06. The third kappa shape index (κ3) is 2.58. The van der Waals surface area contributed by atoms with Crippen LogP contribution in [0, 0.1) is 6.92 Å². The van der Waals surface area contributed by atoms with Gasteiger partial charge in [-0.3, -0.25) is 9.59 Å². The number of para-hydroxylation sites is 1. The average Bonchev–Trinajstić information content (AvgIpc) is 3.05. The van der Waals surface area contributed by atoms with Crippen molar-refractivity contribution in [3.05, 3.63) is 35.5 Å². The van der Waals surface area contributed by atoms with E-state index in [-0.39, 0.29) is 17.9 Å². The number of carbonyl (C=O) groups excluding carboxylic acids is 2. The highest BCUT2D eigenvalue weighted by Crippen LogP contribution is 2.24. The molecule has 0 bridgehead atoms. The van der Waals surface area contributed by atoms with Crippen molar-refractivity contribution in [1.82, 2.24) is 15.2 Å². The topological polar surface area (TPSA) is 63.1 Å². The molecule has 22 heavy (non-hydrogen) atoms.